The Morgan fingerprint density at radius 2 is 2.09 bits per heavy atom. The highest BCUT2D eigenvalue weighted by Gasteiger charge is 2.32. The van der Waals surface area contributed by atoms with Gasteiger partial charge in [-0.2, -0.15) is 0 Å². The summed E-state index contributed by atoms with van der Waals surface area (Å²) in [5.41, 5.74) is 1.56. The van der Waals surface area contributed by atoms with Crippen molar-refractivity contribution in [3.05, 3.63) is 28.7 Å². The average molecular weight is 318 g/mol. The Balaban J connectivity index is 1.70. The van der Waals surface area contributed by atoms with E-state index in [0.717, 1.165) is 12.1 Å². The van der Waals surface area contributed by atoms with Crippen LogP contribution in [-0.4, -0.2) is 52.1 Å². The molecule has 0 saturated carbocycles. The molecule has 1 amide bonds. The zero-order chi connectivity index (χ0) is 16.6. The summed E-state index contributed by atoms with van der Waals surface area (Å²) in [4.78, 5) is 31.3. The molecule has 3 N–H and O–H groups in total. The first-order valence-electron chi connectivity index (χ1n) is 7.75. The average Bonchev–Trinajstić information content (AvgIpc) is 2.84. The van der Waals surface area contributed by atoms with Gasteiger partial charge in [-0.1, -0.05) is 0 Å². The van der Waals surface area contributed by atoms with E-state index in [1.807, 2.05) is 20.8 Å². The number of nitrogens with zero attached hydrogens (tertiary/aromatic N) is 1. The van der Waals surface area contributed by atoms with Crippen LogP contribution < -0.4 is 11.0 Å². The van der Waals surface area contributed by atoms with Gasteiger partial charge in [0.15, 0.2) is 0 Å². The van der Waals surface area contributed by atoms with Crippen LogP contribution in [0.25, 0.3) is 11.0 Å². The number of carbonyl (C=O) groups is 1. The topological polar surface area (TPSA) is 90.2 Å². The number of rotatable bonds is 3. The van der Waals surface area contributed by atoms with Crippen molar-refractivity contribution in [2.24, 2.45) is 0 Å². The second-order valence-electron chi connectivity index (χ2n) is 6.58. The number of aromatic amines is 2. The highest BCUT2D eigenvalue weighted by Crippen LogP contribution is 2.20. The van der Waals surface area contributed by atoms with E-state index in [4.69, 9.17) is 4.74 Å². The van der Waals surface area contributed by atoms with Gasteiger partial charge in [0.25, 0.3) is 0 Å². The Morgan fingerprint density at radius 1 is 1.35 bits per heavy atom. The summed E-state index contributed by atoms with van der Waals surface area (Å²) in [7, 11) is 0. The molecular formula is C16H22N4O3. The first-order valence-corrected chi connectivity index (χ1v) is 7.75. The molecule has 23 heavy (non-hydrogen) atoms. The van der Waals surface area contributed by atoms with Crippen LogP contribution in [0.2, 0.25) is 0 Å². The Hall–Kier alpha value is -2.12. The highest BCUT2D eigenvalue weighted by molar-refractivity contribution is 5.96. The van der Waals surface area contributed by atoms with Crippen LogP contribution in [0.3, 0.4) is 0 Å². The SMILES string of the molecule is CC(C(=O)Nc1ccc2[nH]c(=O)[nH]c2c1)N1CCOC(C)(C)C1. The van der Waals surface area contributed by atoms with E-state index >= 15 is 0 Å². The molecule has 7 nitrogen and oxygen atoms in total. The number of carbonyl (C=O) groups excluding carboxylic acids is 1. The molecule has 0 bridgehead atoms. The number of aromatic nitrogens is 2. The highest BCUT2D eigenvalue weighted by atomic mass is 16.5. The fourth-order valence-corrected chi connectivity index (χ4v) is 2.91. The summed E-state index contributed by atoms with van der Waals surface area (Å²) < 4.78 is 5.68. The molecule has 124 valence electrons. The largest absolute Gasteiger partial charge is 0.373 e. The summed E-state index contributed by atoms with van der Waals surface area (Å²) >= 11 is 0. The third-order valence-electron chi connectivity index (χ3n) is 4.17. The van der Waals surface area contributed by atoms with Gasteiger partial charge in [0.05, 0.1) is 29.3 Å². The molecule has 1 saturated heterocycles. The zero-order valence-corrected chi connectivity index (χ0v) is 13.6. The number of benzene rings is 1. The summed E-state index contributed by atoms with van der Waals surface area (Å²) in [6.07, 6.45) is 0. The first-order chi connectivity index (χ1) is 10.8. The molecule has 2 heterocycles. The molecule has 3 rings (SSSR count). The fourth-order valence-electron chi connectivity index (χ4n) is 2.91. The van der Waals surface area contributed by atoms with Crippen LogP contribution in [0.15, 0.2) is 23.0 Å². The molecule has 1 unspecified atom stereocenters. The number of anilines is 1. The van der Waals surface area contributed by atoms with Crippen LogP contribution in [0, 0.1) is 0 Å². The van der Waals surface area contributed by atoms with Gasteiger partial charge in [-0.15, -0.1) is 0 Å². The van der Waals surface area contributed by atoms with Gasteiger partial charge in [0.1, 0.15) is 0 Å². The van der Waals surface area contributed by atoms with E-state index < -0.39 is 0 Å². The van der Waals surface area contributed by atoms with Crippen molar-refractivity contribution in [3.63, 3.8) is 0 Å². The van der Waals surface area contributed by atoms with Crippen molar-refractivity contribution in [1.29, 1.82) is 0 Å². The van der Waals surface area contributed by atoms with E-state index in [1.54, 1.807) is 18.2 Å². The number of ether oxygens (including phenoxy) is 1. The number of fused-ring (bicyclic) bond motifs is 1. The molecule has 1 aliphatic heterocycles. The van der Waals surface area contributed by atoms with Gasteiger partial charge in [0.2, 0.25) is 5.91 Å². The molecule has 1 aromatic carbocycles. The van der Waals surface area contributed by atoms with Crippen LogP contribution in [0.4, 0.5) is 5.69 Å². The minimum absolute atomic E-state index is 0.0695. The Morgan fingerprint density at radius 3 is 2.83 bits per heavy atom. The van der Waals surface area contributed by atoms with Gasteiger partial charge in [-0.25, -0.2) is 4.79 Å². The van der Waals surface area contributed by atoms with Crippen molar-refractivity contribution in [2.75, 3.05) is 25.0 Å². The zero-order valence-electron chi connectivity index (χ0n) is 13.6. The Bertz CT molecular complexity index is 777. The number of hydrogen-bond donors (Lipinski definition) is 3. The number of nitrogens with one attached hydrogen (secondary N) is 3. The minimum Gasteiger partial charge on any atom is -0.373 e. The van der Waals surface area contributed by atoms with Gasteiger partial charge in [-0.05, 0) is 39.0 Å². The smallest absolute Gasteiger partial charge is 0.323 e. The molecule has 1 aliphatic rings. The minimum atomic E-state index is -0.257. The van der Waals surface area contributed by atoms with E-state index in [-0.39, 0.29) is 23.2 Å². The van der Waals surface area contributed by atoms with Gasteiger partial charge < -0.3 is 20.0 Å². The maximum Gasteiger partial charge on any atom is 0.323 e. The molecule has 0 aliphatic carbocycles. The molecule has 1 aromatic heterocycles. The fraction of sp³-hybridized carbons (Fsp3) is 0.500. The standard InChI is InChI=1S/C16H22N4O3/c1-10(20-6-7-23-16(2,3)9-20)14(21)17-11-4-5-12-13(8-11)19-15(22)18-12/h4-5,8,10H,6-7,9H2,1-3H3,(H,17,21)(H2,18,19,22). The van der Waals surface area contributed by atoms with Crippen LogP contribution >= 0.6 is 0 Å². The number of amides is 1. The van der Waals surface area contributed by atoms with Gasteiger partial charge >= 0.3 is 5.69 Å². The molecule has 1 atom stereocenters. The monoisotopic (exact) mass is 318 g/mol. The van der Waals surface area contributed by atoms with Crippen molar-refractivity contribution in [3.8, 4) is 0 Å². The van der Waals surface area contributed by atoms with Crippen LogP contribution in [-0.2, 0) is 9.53 Å². The number of morpholine rings is 1. The lowest BCUT2D eigenvalue weighted by molar-refractivity contribution is -0.129. The maximum atomic E-state index is 12.5. The van der Waals surface area contributed by atoms with Gasteiger partial charge in [0, 0.05) is 18.8 Å². The first kappa shape index (κ1) is 15.8. The van der Waals surface area contributed by atoms with E-state index in [9.17, 15) is 9.59 Å². The lowest BCUT2D eigenvalue weighted by Crippen LogP contribution is -2.54. The molecule has 0 radical (unpaired) electrons. The summed E-state index contributed by atoms with van der Waals surface area (Å²) in [6, 6.07) is 5.05. The Labute approximate surface area is 134 Å². The summed E-state index contributed by atoms with van der Waals surface area (Å²) in [6.45, 7) is 8.03. The lowest BCUT2D eigenvalue weighted by atomic mass is 10.1. The number of H-pyrrole nitrogens is 2. The molecule has 7 heteroatoms. The molecule has 1 fully saturated rings. The molecular weight excluding hydrogens is 296 g/mol. The summed E-state index contributed by atoms with van der Waals surface area (Å²) in [5.74, 6) is -0.0695. The quantitative estimate of drug-likeness (QED) is 0.795. The summed E-state index contributed by atoms with van der Waals surface area (Å²) in [5, 5.41) is 2.91. The van der Waals surface area contributed by atoms with Crippen molar-refractivity contribution in [1.82, 2.24) is 14.9 Å². The van der Waals surface area contributed by atoms with E-state index in [1.165, 1.54) is 0 Å². The third-order valence-corrected chi connectivity index (χ3v) is 4.17. The lowest BCUT2D eigenvalue weighted by Gasteiger charge is -2.40. The number of imidazole rings is 1. The predicted octanol–water partition coefficient (Wildman–Crippen LogP) is 1.29. The van der Waals surface area contributed by atoms with Gasteiger partial charge in [-0.3, -0.25) is 9.69 Å². The second kappa shape index (κ2) is 5.82. The third kappa shape index (κ3) is 3.46. The second-order valence-corrected chi connectivity index (χ2v) is 6.58. The normalized spacial score (nSPS) is 19.6. The Kier molecular flexibility index (Phi) is 3.99. The van der Waals surface area contributed by atoms with E-state index in [0.29, 0.717) is 24.4 Å². The maximum absolute atomic E-state index is 12.5. The number of hydrogen-bond acceptors (Lipinski definition) is 4. The molecule has 0 spiro atoms. The van der Waals surface area contributed by atoms with Crippen molar-refractivity contribution < 1.29 is 9.53 Å². The predicted molar refractivity (Wildman–Crippen MR) is 88.6 cm³/mol. The van der Waals surface area contributed by atoms with Crippen molar-refractivity contribution in [2.45, 2.75) is 32.4 Å². The molecule has 2 aromatic rings. The van der Waals surface area contributed by atoms with E-state index in [2.05, 4.69) is 20.2 Å². The van der Waals surface area contributed by atoms with Crippen LogP contribution in [0.5, 0.6) is 0 Å². The van der Waals surface area contributed by atoms with Crippen LogP contribution in [0.1, 0.15) is 20.8 Å². The van der Waals surface area contributed by atoms with Crippen molar-refractivity contribution >= 4 is 22.6 Å².